The topological polar surface area (TPSA) is 61.4 Å². The standard InChI is InChI=1S/C18H16ClN3O2/c19-13-8-6-12(7-9-13)15-14-16(18(24)20-17(14)23)22(21-15)10-11-4-2-1-3-5-11/h1-9,14-16,21H,10H2,(H,20,23,24)/t14-,15+,16-/m1/s1. The van der Waals surface area contributed by atoms with Crippen LogP contribution >= 0.6 is 11.6 Å². The van der Waals surface area contributed by atoms with Crippen molar-refractivity contribution in [2.75, 3.05) is 0 Å². The fourth-order valence-electron chi connectivity index (χ4n) is 3.47. The summed E-state index contributed by atoms with van der Waals surface area (Å²) in [6.45, 7) is 0.548. The van der Waals surface area contributed by atoms with Crippen molar-refractivity contribution in [1.29, 1.82) is 0 Å². The smallest absolute Gasteiger partial charge is 0.246 e. The number of rotatable bonds is 3. The van der Waals surface area contributed by atoms with Crippen LogP contribution < -0.4 is 10.7 Å². The molecule has 0 saturated carbocycles. The van der Waals surface area contributed by atoms with E-state index in [4.69, 9.17) is 11.6 Å². The molecule has 0 radical (unpaired) electrons. The van der Waals surface area contributed by atoms with Crippen molar-refractivity contribution < 1.29 is 9.59 Å². The first-order chi connectivity index (χ1) is 11.6. The van der Waals surface area contributed by atoms with Crippen LogP contribution in [0.4, 0.5) is 0 Å². The number of hydrazine groups is 1. The molecule has 2 aliphatic heterocycles. The molecule has 2 saturated heterocycles. The zero-order valence-electron chi connectivity index (χ0n) is 12.8. The highest BCUT2D eigenvalue weighted by atomic mass is 35.5. The van der Waals surface area contributed by atoms with Gasteiger partial charge in [-0.2, -0.15) is 0 Å². The Morgan fingerprint density at radius 3 is 2.38 bits per heavy atom. The van der Waals surface area contributed by atoms with E-state index < -0.39 is 12.0 Å². The third-order valence-corrected chi connectivity index (χ3v) is 4.83. The molecule has 0 bridgehead atoms. The van der Waals surface area contributed by atoms with Gasteiger partial charge in [-0.1, -0.05) is 54.1 Å². The number of imide groups is 1. The molecule has 0 unspecified atom stereocenters. The van der Waals surface area contributed by atoms with Crippen molar-refractivity contribution in [3.8, 4) is 0 Å². The molecule has 2 heterocycles. The third kappa shape index (κ3) is 2.60. The lowest BCUT2D eigenvalue weighted by molar-refractivity contribution is -0.127. The predicted octanol–water partition coefficient (Wildman–Crippen LogP) is 2.04. The van der Waals surface area contributed by atoms with Gasteiger partial charge in [0.1, 0.15) is 6.04 Å². The first kappa shape index (κ1) is 15.3. The summed E-state index contributed by atoms with van der Waals surface area (Å²) in [7, 11) is 0. The highest BCUT2D eigenvalue weighted by molar-refractivity contribution is 6.30. The number of hydrogen-bond acceptors (Lipinski definition) is 4. The molecule has 0 aromatic heterocycles. The number of benzene rings is 2. The van der Waals surface area contributed by atoms with Gasteiger partial charge in [0.15, 0.2) is 0 Å². The van der Waals surface area contributed by atoms with Crippen LogP contribution in [0.1, 0.15) is 17.2 Å². The van der Waals surface area contributed by atoms with Crippen LogP contribution in [-0.2, 0) is 16.1 Å². The number of halogens is 1. The maximum Gasteiger partial charge on any atom is 0.246 e. The minimum atomic E-state index is -0.501. The quantitative estimate of drug-likeness (QED) is 0.839. The summed E-state index contributed by atoms with van der Waals surface area (Å²) in [5.74, 6) is -0.916. The number of carbonyl (C=O) groups is 2. The Morgan fingerprint density at radius 1 is 0.958 bits per heavy atom. The molecule has 2 N–H and O–H groups in total. The normalized spacial score (nSPS) is 26.5. The van der Waals surface area contributed by atoms with E-state index in [1.165, 1.54) is 0 Å². The summed E-state index contributed by atoms with van der Waals surface area (Å²) in [6, 6.07) is 16.5. The summed E-state index contributed by atoms with van der Waals surface area (Å²) < 4.78 is 0. The van der Waals surface area contributed by atoms with E-state index >= 15 is 0 Å². The highest BCUT2D eigenvalue weighted by Crippen LogP contribution is 2.37. The molecular weight excluding hydrogens is 326 g/mol. The maximum absolute atomic E-state index is 12.3. The van der Waals surface area contributed by atoms with Crippen LogP contribution in [0.2, 0.25) is 5.02 Å². The second-order valence-electron chi connectivity index (χ2n) is 6.10. The number of fused-ring (bicyclic) bond motifs is 1. The fraction of sp³-hybridized carbons (Fsp3) is 0.222. The van der Waals surface area contributed by atoms with Crippen molar-refractivity contribution in [2.45, 2.75) is 18.6 Å². The van der Waals surface area contributed by atoms with Crippen LogP contribution in [0.15, 0.2) is 54.6 Å². The van der Waals surface area contributed by atoms with Crippen LogP contribution in [0.25, 0.3) is 0 Å². The van der Waals surface area contributed by atoms with E-state index in [1.807, 2.05) is 47.5 Å². The molecule has 0 aliphatic carbocycles. The zero-order valence-corrected chi connectivity index (χ0v) is 13.5. The number of nitrogens with one attached hydrogen (secondary N) is 2. The van der Waals surface area contributed by atoms with Gasteiger partial charge in [0.05, 0.1) is 12.0 Å². The fourth-order valence-corrected chi connectivity index (χ4v) is 3.60. The van der Waals surface area contributed by atoms with Crippen molar-refractivity contribution >= 4 is 23.4 Å². The Hall–Kier alpha value is -2.21. The van der Waals surface area contributed by atoms with Crippen LogP contribution in [-0.4, -0.2) is 22.9 Å². The molecule has 5 nitrogen and oxygen atoms in total. The molecule has 24 heavy (non-hydrogen) atoms. The minimum Gasteiger partial charge on any atom is -0.295 e. The molecule has 0 spiro atoms. The van der Waals surface area contributed by atoms with E-state index in [-0.39, 0.29) is 17.9 Å². The Morgan fingerprint density at radius 2 is 1.67 bits per heavy atom. The Bertz CT molecular complexity index is 779. The van der Waals surface area contributed by atoms with Crippen molar-refractivity contribution in [2.24, 2.45) is 5.92 Å². The molecular formula is C18H16ClN3O2. The molecule has 4 rings (SSSR count). The van der Waals surface area contributed by atoms with E-state index in [1.54, 1.807) is 12.1 Å². The van der Waals surface area contributed by atoms with Gasteiger partial charge in [-0.25, -0.2) is 10.4 Å². The third-order valence-electron chi connectivity index (χ3n) is 4.58. The lowest BCUT2D eigenvalue weighted by Gasteiger charge is -2.22. The van der Waals surface area contributed by atoms with E-state index in [9.17, 15) is 9.59 Å². The Labute approximate surface area is 144 Å². The van der Waals surface area contributed by atoms with E-state index in [2.05, 4.69) is 10.7 Å². The monoisotopic (exact) mass is 341 g/mol. The average molecular weight is 342 g/mol. The molecule has 2 aromatic rings. The first-order valence-corrected chi connectivity index (χ1v) is 8.18. The second-order valence-corrected chi connectivity index (χ2v) is 6.53. The van der Waals surface area contributed by atoms with Crippen LogP contribution in [0, 0.1) is 5.92 Å². The van der Waals surface area contributed by atoms with Crippen molar-refractivity contribution in [1.82, 2.24) is 15.8 Å². The largest absolute Gasteiger partial charge is 0.295 e. The van der Waals surface area contributed by atoms with Crippen LogP contribution in [0.5, 0.6) is 0 Å². The summed E-state index contributed by atoms with van der Waals surface area (Å²) in [6.07, 6.45) is 0. The number of nitrogens with zero attached hydrogens (tertiary/aromatic N) is 1. The molecule has 2 aliphatic rings. The SMILES string of the molecule is O=C1NC(=O)[C@H]2[C@H]1[C@H](c1ccc(Cl)cc1)NN2Cc1ccccc1. The maximum atomic E-state index is 12.3. The van der Waals surface area contributed by atoms with Gasteiger partial charge >= 0.3 is 0 Å². The first-order valence-electron chi connectivity index (χ1n) is 7.80. The summed E-state index contributed by atoms with van der Waals surface area (Å²) >= 11 is 5.95. The molecule has 2 fully saturated rings. The van der Waals surface area contributed by atoms with Gasteiger partial charge in [-0.3, -0.25) is 14.9 Å². The van der Waals surface area contributed by atoms with E-state index in [0.29, 0.717) is 11.6 Å². The molecule has 6 heteroatoms. The van der Waals surface area contributed by atoms with Gasteiger partial charge in [-0.15, -0.1) is 0 Å². The zero-order chi connectivity index (χ0) is 16.7. The van der Waals surface area contributed by atoms with Crippen LogP contribution in [0.3, 0.4) is 0 Å². The summed E-state index contributed by atoms with van der Waals surface area (Å²) in [5, 5.41) is 4.96. The highest BCUT2D eigenvalue weighted by Gasteiger charge is 2.54. The van der Waals surface area contributed by atoms with Gasteiger partial charge in [0.25, 0.3) is 0 Å². The predicted molar refractivity (Wildman–Crippen MR) is 89.7 cm³/mol. The Kier molecular flexibility index (Phi) is 3.84. The van der Waals surface area contributed by atoms with Gasteiger partial charge in [-0.05, 0) is 23.3 Å². The average Bonchev–Trinajstić information content (AvgIpc) is 3.09. The minimum absolute atomic E-state index is 0.229. The summed E-state index contributed by atoms with van der Waals surface area (Å²) in [4.78, 5) is 24.6. The van der Waals surface area contributed by atoms with Crippen molar-refractivity contribution in [3.05, 3.63) is 70.7 Å². The lowest BCUT2D eigenvalue weighted by Crippen LogP contribution is -2.43. The van der Waals surface area contributed by atoms with E-state index in [0.717, 1.165) is 11.1 Å². The van der Waals surface area contributed by atoms with Gasteiger partial charge < -0.3 is 0 Å². The van der Waals surface area contributed by atoms with Gasteiger partial charge in [0, 0.05) is 11.6 Å². The molecule has 2 amide bonds. The number of amides is 2. The number of hydrogen-bond donors (Lipinski definition) is 2. The molecule has 2 aromatic carbocycles. The molecule has 3 atom stereocenters. The van der Waals surface area contributed by atoms with Crippen molar-refractivity contribution in [3.63, 3.8) is 0 Å². The number of carbonyl (C=O) groups excluding carboxylic acids is 2. The molecule has 122 valence electrons. The Balaban J connectivity index is 1.66. The lowest BCUT2D eigenvalue weighted by atomic mass is 9.91. The van der Waals surface area contributed by atoms with Gasteiger partial charge in [0.2, 0.25) is 11.8 Å². The summed E-state index contributed by atoms with van der Waals surface area (Å²) in [5.41, 5.74) is 5.36. The second kappa shape index (κ2) is 6.02.